The Hall–Kier alpha value is -0.990. The molecular formula is C17H18BrClO. The fourth-order valence-corrected chi connectivity index (χ4v) is 3.40. The molecule has 1 atom stereocenters. The van der Waals surface area contributed by atoms with Crippen molar-refractivity contribution in [3.05, 3.63) is 63.1 Å². The lowest BCUT2D eigenvalue weighted by Gasteiger charge is -2.16. The molecule has 106 valence electrons. The molecule has 0 aliphatic rings. The Morgan fingerprint density at radius 3 is 2.40 bits per heavy atom. The van der Waals surface area contributed by atoms with E-state index in [4.69, 9.17) is 16.3 Å². The summed E-state index contributed by atoms with van der Waals surface area (Å²) in [6.45, 7) is 6.82. The van der Waals surface area contributed by atoms with Crippen LogP contribution in [0.3, 0.4) is 0 Å². The highest BCUT2D eigenvalue weighted by atomic mass is 79.9. The minimum absolute atomic E-state index is 0.166. The van der Waals surface area contributed by atoms with E-state index in [1.165, 1.54) is 11.1 Å². The Morgan fingerprint density at radius 2 is 1.80 bits per heavy atom. The second-order valence-corrected chi connectivity index (χ2v) is 6.13. The Morgan fingerprint density at radius 1 is 1.10 bits per heavy atom. The van der Waals surface area contributed by atoms with E-state index >= 15 is 0 Å². The van der Waals surface area contributed by atoms with Crippen molar-refractivity contribution in [3.8, 4) is 5.75 Å². The summed E-state index contributed by atoms with van der Waals surface area (Å²) in [5, 5.41) is -0.166. The Balaban J connectivity index is 2.35. The SMILES string of the molecule is CCOc1ccc(C(Cl)c2ccc(C)cc2C)c(Br)c1. The molecule has 0 saturated carbocycles. The van der Waals surface area contributed by atoms with Gasteiger partial charge < -0.3 is 4.74 Å². The molecule has 2 aromatic carbocycles. The van der Waals surface area contributed by atoms with E-state index in [0.717, 1.165) is 21.3 Å². The molecule has 3 heteroatoms. The van der Waals surface area contributed by atoms with E-state index in [0.29, 0.717) is 6.61 Å². The van der Waals surface area contributed by atoms with Crippen LogP contribution in [0.2, 0.25) is 0 Å². The molecule has 0 aromatic heterocycles. The van der Waals surface area contributed by atoms with Crippen molar-refractivity contribution >= 4 is 27.5 Å². The number of aryl methyl sites for hydroxylation is 2. The van der Waals surface area contributed by atoms with Crippen molar-refractivity contribution in [2.75, 3.05) is 6.61 Å². The first-order valence-electron chi connectivity index (χ1n) is 6.66. The van der Waals surface area contributed by atoms with Gasteiger partial charge in [-0.25, -0.2) is 0 Å². The van der Waals surface area contributed by atoms with Crippen molar-refractivity contribution in [2.45, 2.75) is 26.1 Å². The van der Waals surface area contributed by atoms with Crippen molar-refractivity contribution in [3.63, 3.8) is 0 Å². The monoisotopic (exact) mass is 352 g/mol. The van der Waals surface area contributed by atoms with Gasteiger partial charge in [0, 0.05) is 4.47 Å². The van der Waals surface area contributed by atoms with Crippen molar-refractivity contribution in [2.24, 2.45) is 0 Å². The molecule has 0 radical (unpaired) electrons. The van der Waals surface area contributed by atoms with Gasteiger partial charge in [0.25, 0.3) is 0 Å². The van der Waals surface area contributed by atoms with Crippen molar-refractivity contribution in [1.29, 1.82) is 0 Å². The summed E-state index contributed by atoms with van der Waals surface area (Å²) in [7, 11) is 0. The number of rotatable bonds is 4. The molecule has 0 heterocycles. The lowest BCUT2D eigenvalue weighted by molar-refractivity contribution is 0.340. The van der Waals surface area contributed by atoms with Gasteiger partial charge in [0.15, 0.2) is 0 Å². The molecule has 1 nitrogen and oxygen atoms in total. The summed E-state index contributed by atoms with van der Waals surface area (Å²) < 4.78 is 6.47. The van der Waals surface area contributed by atoms with Crippen LogP contribution in [0.15, 0.2) is 40.9 Å². The van der Waals surface area contributed by atoms with Crippen LogP contribution in [-0.4, -0.2) is 6.61 Å². The maximum Gasteiger partial charge on any atom is 0.120 e. The Labute approximate surface area is 134 Å². The van der Waals surface area contributed by atoms with Crippen LogP contribution in [-0.2, 0) is 0 Å². The number of halogens is 2. The lowest BCUT2D eigenvalue weighted by Crippen LogP contribution is -1.99. The van der Waals surface area contributed by atoms with E-state index in [1.54, 1.807) is 0 Å². The van der Waals surface area contributed by atoms with Gasteiger partial charge in [-0.2, -0.15) is 0 Å². The molecule has 0 aliphatic carbocycles. The lowest BCUT2D eigenvalue weighted by atomic mass is 9.98. The molecule has 2 rings (SSSR count). The third kappa shape index (κ3) is 3.36. The fraction of sp³-hybridized carbons (Fsp3) is 0.294. The van der Waals surface area contributed by atoms with Gasteiger partial charge in [0.05, 0.1) is 12.0 Å². The standard InChI is InChI=1S/C17H18BrClO/c1-4-20-13-6-8-15(16(18)10-13)17(19)14-7-5-11(2)9-12(14)3/h5-10,17H,4H2,1-3H3. The topological polar surface area (TPSA) is 9.23 Å². The van der Waals surface area contributed by atoms with Gasteiger partial charge in [0.1, 0.15) is 5.75 Å². The van der Waals surface area contributed by atoms with Gasteiger partial charge in [-0.15, -0.1) is 11.6 Å². The van der Waals surface area contributed by atoms with Gasteiger partial charge in [-0.05, 0) is 49.6 Å². The van der Waals surface area contributed by atoms with E-state index in [-0.39, 0.29) is 5.38 Å². The van der Waals surface area contributed by atoms with Crippen LogP contribution < -0.4 is 4.74 Å². The highest BCUT2D eigenvalue weighted by Crippen LogP contribution is 2.37. The third-order valence-corrected chi connectivity index (χ3v) is 4.41. The number of ether oxygens (including phenoxy) is 1. The molecule has 1 unspecified atom stereocenters. The summed E-state index contributed by atoms with van der Waals surface area (Å²) >= 11 is 10.2. The zero-order chi connectivity index (χ0) is 14.7. The minimum atomic E-state index is -0.166. The van der Waals surface area contributed by atoms with E-state index in [9.17, 15) is 0 Å². The van der Waals surface area contributed by atoms with Crippen molar-refractivity contribution in [1.82, 2.24) is 0 Å². The van der Waals surface area contributed by atoms with Crippen LogP contribution in [0.4, 0.5) is 0 Å². The predicted octanol–water partition coefficient (Wildman–Crippen LogP) is 5.79. The first-order chi connectivity index (χ1) is 9.52. The van der Waals surface area contributed by atoms with Gasteiger partial charge in [-0.1, -0.05) is 45.8 Å². The highest BCUT2D eigenvalue weighted by molar-refractivity contribution is 9.10. The molecule has 20 heavy (non-hydrogen) atoms. The smallest absolute Gasteiger partial charge is 0.120 e. The quantitative estimate of drug-likeness (QED) is 0.632. The largest absolute Gasteiger partial charge is 0.494 e. The summed E-state index contributed by atoms with van der Waals surface area (Å²) in [6, 6.07) is 12.3. The maximum absolute atomic E-state index is 6.65. The zero-order valence-electron chi connectivity index (χ0n) is 11.9. The second kappa shape index (κ2) is 6.64. The number of hydrogen-bond donors (Lipinski definition) is 0. The molecule has 0 saturated heterocycles. The summed E-state index contributed by atoms with van der Waals surface area (Å²) in [6.07, 6.45) is 0. The highest BCUT2D eigenvalue weighted by Gasteiger charge is 2.16. The average molecular weight is 354 g/mol. The molecular weight excluding hydrogens is 336 g/mol. The Kier molecular flexibility index (Phi) is 5.11. The number of benzene rings is 2. The molecule has 0 bridgehead atoms. The Bertz CT molecular complexity index is 610. The molecule has 2 aromatic rings. The first kappa shape index (κ1) is 15.4. The predicted molar refractivity (Wildman–Crippen MR) is 88.9 cm³/mol. The molecule has 0 aliphatic heterocycles. The molecule has 0 spiro atoms. The van der Waals surface area contributed by atoms with Gasteiger partial charge >= 0.3 is 0 Å². The van der Waals surface area contributed by atoms with E-state index in [1.807, 2.05) is 25.1 Å². The summed E-state index contributed by atoms with van der Waals surface area (Å²) in [5.41, 5.74) is 4.66. The minimum Gasteiger partial charge on any atom is -0.494 e. The molecule has 0 fully saturated rings. The van der Waals surface area contributed by atoms with Crippen LogP contribution >= 0.6 is 27.5 Å². The van der Waals surface area contributed by atoms with Crippen LogP contribution in [0.25, 0.3) is 0 Å². The fourth-order valence-electron chi connectivity index (χ4n) is 2.25. The second-order valence-electron chi connectivity index (χ2n) is 4.84. The van der Waals surface area contributed by atoms with Gasteiger partial charge in [-0.3, -0.25) is 0 Å². The van der Waals surface area contributed by atoms with Crippen molar-refractivity contribution < 1.29 is 4.74 Å². The number of alkyl halides is 1. The summed E-state index contributed by atoms with van der Waals surface area (Å²) in [4.78, 5) is 0. The van der Waals surface area contributed by atoms with Crippen LogP contribution in [0, 0.1) is 13.8 Å². The average Bonchev–Trinajstić information content (AvgIpc) is 2.38. The third-order valence-electron chi connectivity index (χ3n) is 3.25. The van der Waals surface area contributed by atoms with E-state index < -0.39 is 0 Å². The summed E-state index contributed by atoms with van der Waals surface area (Å²) in [5.74, 6) is 0.854. The van der Waals surface area contributed by atoms with Crippen LogP contribution in [0.5, 0.6) is 5.75 Å². The zero-order valence-corrected chi connectivity index (χ0v) is 14.3. The molecule has 0 N–H and O–H groups in total. The van der Waals surface area contributed by atoms with Crippen LogP contribution in [0.1, 0.15) is 34.6 Å². The molecule has 0 amide bonds. The maximum atomic E-state index is 6.65. The first-order valence-corrected chi connectivity index (χ1v) is 7.89. The normalized spacial score (nSPS) is 12.2. The number of hydrogen-bond acceptors (Lipinski definition) is 1. The van der Waals surface area contributed by atoms with E-state index in [2.05, 4.69) is 48.0 Å². The van der Waals surface area contributed by atoms with Gasteiger partial charge in [0.2, 0.25) is 0 Å².